The van der Waals surface area contributed by atoms with Gasteiger partial charge in [-0.25, -0.2) is 0 Å². The molecule has 0 radical (unpaired) electrons. The fourth-order valence-electron chi connectivity index (χ4n) is 2.58. The van der Waals surface area contributed by atoms with Gasteiger partial charge in [0.05, 0.1) is 13.2 Å². The van der Waals surface area contributed by atoms with Crippen molar-refractivity contribution in [2.75, 3.05) is 0 Å². The largest absolute Gasteiger partial charge is 0.392 e. The Hall–Kier alpha value is -1.90. The Morgan fingerprint density at radius 3 is 2.17 bits per heavy atom. The van der Waals surface area contributed by atoms with E-state index >= 15 is 0 Å². The van der Waals surface area contributed by atoms with Crippen LogP contribution in [-0.4, -0.2) is 10.2 Å². The highest BCUT2D eigenvalue weighted by Gasteiger charge is 2.08. The van der Waals surface area contributed by atoms with Crippen LogP contribution in [0.3, 0.4) is 0 Å². The van der Waals surface area contributed by atoms with E-state index in [4.69, 9.17) is 0 Å². The molecule has 0 atom stereocenters. The quantitative estimate of drug-likeness (QED) is 0.674. The van der Waals surface area contributed by atoms with Gasteiger partial charge in [-0.05, 0) is 38.7 Å². The lowest BCUT2D eigenvalue weighted by Gasteiger charge is -2.11. The molecule has 0 aliphatic carbocycles. The minimum atomic E-state index is 0.0276. The van der Waals surface area contributed by atoms with Gasteiger partial charge in [0.25, 0.3) is 0 Å². The first kappa shape index (κ1) is 11.2. The van der Waals surface area contributed by atoms with Crippen molar-refractivity contribution in [1.82, 2.24) is 0 Å². The third kappa shape index (κ3) is 1.58. The van der Waals surface area contributed by atoms with Crippen LogP contribution in [0.25, 0.3) is 21.5 Å². The van der Waals surface area contributed by atoms with Gasteiger partial charge in [0, 0.05) is 0 Å². The lowest BCUT2D eigenvalue weighted by molar-refractivity contribution is 0.283. The van der Waals surface area contributed by atoms with Gasteiger partial charge in [-0.3, -0.25) is 0 Å². The van der Waals surface area contributed by atoms with Crippen LogP contribution in [0.1, 0.15) is 11.1 Å². The summed E-state index contributed by atoms with van der Waals surface area (Å²) in [6.07, 6.45) is 0. The molecule has 0 aliphatic heterocycles. The summed E-state index contributed by atoms with van der Waals surface area (Å²) >= 11 is 0. The normalized spacial score (nSPS) is 11.2. The van der Waals surface area contributed by atoms with Gasteiger partial charge in [-0.15, -0.1) is 0 Å². The highest BCUT2D eigenvalue weighted by Crippen LogP contribution is 2.31. The van der Waals surface area contributed by atoms with Crippen LogP contribution in [0.5, 0.6) is 0 Å². The zero-order valence-electron chi connectivity index (χ0n) is 9.93. The van der Waals surface area contributed by atoms with Crippen molar-refractivity contribution in [3.8, 4) is 0 Å². The van der Waals surface area contributed by atoms with E-state index in [0.717, 1.165) is 32.7 Å². The summed E-state index contributed by atoms with van der Waals surface area (Å²) in [7, 11) is 0. The first-order valence-electron chi connectivity index (χ1n) is 5.99. The minimum Gasteiger partial charge on any atom is -0.392 e. The predicted octanol–water partition coefficient (Wildman–Crippen LogP) is 2.98. The Labute approximate surface area is 105 Å². The van der Waals surface area contributed by atoms with E-state index in [0.29, 0.717) is 0 Å². The minimum absolute atomic E-state index is 0.0276. The third-order valence-corrected chi connectivity index (χ3v) is 3.40. The van der Waals surface area contributed by atoms with Crippen molar-refractivity contribution >= 4 is 21.5 Å². The van der Waals surface area contributed by atoms with Crippen LogP contribution >= 0.6 is 0 Å². The zero-order chi connectivity index (χ0) is 12.5. The zero-order valence-corrected chi connectivity index (χ0v) is 9.93. The van der Waals surface area contributed by atoms with Gasteiger partial charge >= 0.3 is 0 Å². The number of hydrogen-bond acceptors (Lipinski definition) is 2. The molecule has 18 heavy (non-hydrogen) atoms. The smallest absolute Gasteiger partial charge is 0.0688 e. The number of aliphatic hydroxyl groups excluding tert-OH is 2. The Morgan fingerprint density at radius 2 is 1.44 bits per heavy atom. The van der Waals surface area contributed by atoms with E-state index in [1.165, 1.54) is 0 Å². The van der Waals surface area contributed by atoms with Gasteiger partial charge in [0.2, 0.25) is 0 Å². The topological polar surface area (TPSA) is 40.5 Å². The van der Waals surface area contributed by atoms with E-state index in [1.54, 1.807) is 0 Å². The van der Waals surface area contributed by atoms with Crippen LogP contribution in [0.15, 0.2) is 48.5 Å². The van der Waals surface area contributed by atoms with Gasteiger partial charge in [-0.2, -0.15) is 0 Å². The lowest BCUT2D eigenvalue weighted by Crippen LogP contribution is -1.91. The first-order valence-corrected chi connectivity index (χ1v) is 5.99. The van der Waals surface area contributed by atoms with Crippen molar-refractivity contribution in [3.05, 3.63) is 59.7 Å². The number of rotatable bonds is 2. The monoisotopic (exact) mass is 238 g/mol. The second-order valence-electron chi connectivity index (χ2n) is 4.41. The Bertz CT molecular complexity index is 715. The predicted molar refractivity (Wildman–Crippen MR) is 73.3 cm³/mol. The Morgan fingerprint density at radius 1 is 0.722 bits per heavy atom. The van der Waals surface area contributed by atoms with Gasteiger partial charge in [0.1, 0.15) is 0 Å². The third-order valence-electron chi connectivity index (χ3n) is 3.40. The number of hydrogen-bond donors (Lipinski definition) is 2. The molecule has 2 N–H and O–H groups in total. The van der Waals surface area contributed by atoms with Crippen molar-refractivity contribution < 1.29 is 10.2 Å². The molecule has 2 nitrogen and oxygen atoms in total. The molecule has 3 aromatic carbocycles. The molecule has 3 rings (SSSR count). The highest BCUT2D eigenvalue weighted by molar-refractivity contribution is 6.10. The molecule has 0 unspecified atom stereocenters. The maximum atomic E-state index is 9.47. The van der Waals surface area contributed by atoms with Crippen molar-refractivity contribution in [3.63, 3.8) is 0 Å². The molecular weight excluding hydrogens is 224 g/mol. The second-order valence-corrected chi connectivity index (χ2v) is 4.41. The van der Waals surface area contributed by atoms with E-state index in [2.05, 4.69) is 0 Å². The highest BCUT2D eigenvalue weighted by atomic mass is 16.3. The molecule has 0 saturated heterocycles. The molecule has 0 aliphatic rings. The summed E-state index contributed by atoms with van der Waals surface area (Å²) in [6.45, 7) is 0.0552. The van der Waals surface area contributed by atoms with Crippen molar-refractivity contribution in [2.45, 2.75) is 13.2 Å². The first-order chi connectivity index (χ1) is 8.85. The summed E-state index contributed by atoms with van der Waals surface area (Å²) in [4.78, 5) is 0. The van der Waals surface area contributed by atoms with Crippen molar-refractivity contribution in [1.29, 1.82) is 0 Å². The van der Waals surface area contributed by atoms with E-state index in [1.807, 2.05) is 48.5 Å². The average Bonchev–Trinajstić information content (AvgIpc) is 2.45. The SMILES string of the molecule is OCc1cc2cccc(CO)c2c2ccccc12. The Kier molecular flexibility index (Phi) is 2.74. The lowest BCUT2D eigenvalue weighted by atomic mass is 9.94. The maximum absolute atomic E-state index is 9.47. The summed E-state index contributed by atoms with van der Waals surface area (Å²) in [5.41, 5.74) is 1.85. The molecule has 0 spiro atoms. The molecule has 3 aromatic rings. The standard InChI is InChI=1S/C16H14O2/c17-9-12-5-3-4-11-8-13(10-18)14-6-1-2-7-15(14)16(11)12/h1-8,17-18H,9-10H2. The fourth-order valence-corrected chi connectivity index (χ4v) is 2.58. The summed E-state index contributed by atoms with van der Waals surface area (Å²) in [5, 5.41) is 23.2. The Balaban J connectivity index is 2.56. The van der Waals surface area contributed by atoms with Crippen LogP contribution in [0.4, 0.5) is 0 Å². The number of benzene rings is 3. The molecular formula is C16H14O2. The number of fused-ring (bicyclic) bond motifs is 3. The molecule has 90 valence electrons. The average molecular weight is 238 g/mol. The molecule has 0 amide bonds. The summed E-state index contributed by atoms with van der Waals surface area (Å²) in [5.74, 6) is 0. The van der Waals surface area contributed by atoms with Crippen LogP contribution in [0, 0.1) is 0 Å². The molecule has 2 heteroatoms. The van der Waals surface area contributed by atoms with E-state index in [-0.39, 0.29) is 13.2 Å². The maximum Gasteiger partial charge on any atom is 0.0688 e. The summed E-state index contributed by atoms with van der Waals surface area (Å²) in [6, 6.07) is 15.9. The fraction of sp³-hybridized carbons (Fsp3) is 0.125. The second kappa shape index (κ2) is 4.41. The van der Waals surface area contributed by atoms with Crippen molar-refractivity contribution in [2.24, 2.45) is 0 Å². The molecule has 0 bridgehead atoms. The molecule has 0 saturated carbocycles. The van der Waals surface area contributed by atoms with E-state index < -0.39 is 0 Å². The van der Waals surface area contributed by atoms with Crippen LogP contribution in [0.2, 0.25) is 0 Å². The van der Waals surface area contributed by atoms with Gasteiger partial charge < -0.3 is 10.2 Å². The van der Waals surface area contributed by atoms with Crippen LogP contribution < -0.4 is 0 Å². The van der Waals surface area contributed by atoms with Gasteiger partial charge in [-0.1, -0.05) is 42.5 Å². The molecule has 0 aromatic heterocycles. The van der Waals surface area contributed by atoms with Gasteiger partial charge in [0.15, 0.2) is 0 Å². The molecule has 0 fully saturated rings. The molecule has 0 heterocycles. The van der Waals surface area contributed by atoms with E-state index in [9.17, 15) is 10.2 Å². The number of aliphatic hydroxyl groups is 2. The summed E-state index contributed by atoms with van der Waals surface area (Å²) < 4.78 is 0. The van der Waals surface area contributed by atoms with Crippen LogP contribution in [-0.2, 0) is 13.2 Å².